The summed E-state index contributed by atoms with van der Waals surface area (Å²) in [5.74, 6) is 0.503. The highest BCUT2D eigenvalue weighted by Crippen LogP contribution is 2.13. The molecule has 1 aromatic rings. The Morgan fingerprint density at radius 1 is 1.48 bits per heavy atom. The molecule has 0 heterocycles. The lowest BCUT2D eigenvalue weighted by atomic mass is 10.1. The monoisotopic (exact) mass is 292 g/mol. The predicted molar refractivity (Wildman–Crippen MR) is 84.2 cm³/mol. The van der Waals surface area contributed by atoms with Gasteiger partial charge in [0.05, 0.1) is 12.7 Å². The number of carbonyl (C=O) groups is 1. The quantitative estimate of drug-likeness (QED) is 0.740. The molecule has 0 aliphatic carbocycles. The van der Waals surface area contributed by atoms with Crippen LogP contribution in [0.4, 0.5) is 0 Å². The van der Waals surface area contributed by atoms with Gasteiger partial charge in [-0.3, -0.25) is 4.79 Å². The molecule has 1 aromatic carbocycles. The largest absolute Gasteiger partial charge is 0.497 e. The predicted octanol–water partition coefficient (Wildman–Crippen LogP) is 1.14. The summed E-state index contributed by atoms with van der Waals surface area (Å²) in [6.45, 7) is 2.37. The number of rotatable bonds is 7. The second-order valence-corrected chi connectivity index (χ2v) is 5.56. The van der Waals surface area contributed by atoms with Gasteiger partial charge in [-0.1, -0.05) is 12.1 Å². The first kappa shape index (κ1) is 17.2. The number of methoxy groups -OCH3 is 1. The van der Waals surface area contributed by atoms with E-state index in [0.717, 1.165) is 11.3 Å². The minimum atomic E-state index is -0.955. The Morgan fingerprint density at radius 2 is 2.19 bits per heavy atom. The summed E-state index contributed by atoms with van der Waals surface area (Å²) in [6, 6.07) is 7.43. The Labute approximate surface area is 126 Å². The number of nitrogens with one attached hydrogen (secondary N) is 1. The molecule has 0 aliphatic heterocycles. The lowest BCUT2D eigenvalue weighted by Gasteiger charge is -2.26. The van der Waals surface area contributed by atoms with Crippen molar-refractivity contribution in [3.63, 3.8) is 0 Å². The molecule has 0 aliphatic rings. The van der Waals surface area contributed by atoms with Crippen molar-refractivity contribution in [3.8, 4) is 5.75 Å². The number of ether oxygens (including phenoxy) is 1. The van der Waals surface area contributed by atoms with Crippen LogP contribution in [0.25, 0.3) is 6.08 Å². The molecule has 2 N–H and O–H groups in total. The molecule has 1 unspecified atom stereocenters. The molecule has 5 nitrogen and oxygen atoms in total. The van der Waals surface area contributed by atoms with Gasteiger partial charge in [0.1, 0.15) is 5.75 Å². The van der Waals surface area contributed by atoms with E-state index in [0.29, 0.717) is 6.54 Å². The number of carbonyl (C=O) groups excluding carboxylic acids is 1. The van der Waals surface area contributed by atoms with Crippen LogP contribution in [0.2, 0.25) is 0 Å². The van der Waals surface area contributed by atoms with Crippen LogP contribution in [0.3, 0.4) is 0 Å². The molecule has 1 rings (SSSR count). The van der Waals surface area contributed by atoms with E-state index in [1.54, 1.807) is 20.1 Å². The Kier molecular flexibility index (Phi) is 6.39. The summed E-state index contributed by atoms with van der Waals surface area (Å²) in [5.41, 5.74) is -0.0762. The Morgan fingerprint density at radius 3 is 2.81 bits per heavy atom. The first-order valence-corrected chi connectivity index (χ1v) is 6.79. The standard InChI is InChI=1S/C16H24N2O3/c1-16(20,12-18(2)3)11-17-15(19)9-8-13-6-5-7-14(10-13)21-4/h5-10,20H,11-12H2,1-4H3,(H,17,19)/b9-8+. The van der Waals surface area contributed by atoms with Crippen LogP contribution < -0.4 is 10.1 Å². The maximum Gasteiger partial charge on any atom is 0.244 e. The van der Waals surface area contributed by atoms with E-state index >= 15 is 0 Å². The smallest absolute Gasteiger partial charge is 0.244 e. The van der Waals surface area contributed by atoms with Crippen molar-refractivity contribution in [2.75, 3.05) is 34.3 Å². The zero-order chi connectivity index (χ0) is 15.9. The molecule has 0 spiro atoms. The normalized spacial score (nSPS) is 14.2. The van der Waals surface area contributed by atoms with Crippen molar-refractivity contribution < 1.29 is 14.6 Å². The van der Waals surface area contributed by atoms with E-state index in [2.05, 4.69) is 5.32 Å². The first-order valence-electron chi connectivity index (χ1n) is 6.79. The fraction of sp³-hybridized carbons (Fsp3) is 0.438. The zero-order valence-electron chi connectivity index (χ0n) is 13.1. The maximum atomic E-state index is 11.7. The molecule has 116 valence electrons. The van der Waals surface area contributed by atoms with E-state index < -0.39 is 5.60 Å². The summed E-state index contributed by atoms with van der Waals surface area (Å²) in [6.07, 6.45) is 3.15. The zero-order valence-corrected chi connectivity index (χ0v) is 13.1. The van der Waals surface area contributed by atoms with Crippen LogP contribution in [-0.2, 0) is 4.79 Å². The SMILES string of the molecule is COc1cccc(/C=C/C(=O)NCC(C)(O)CN(C)C)c1. The third kappa shape index (κ3) is 6.92. The molecule has 0 radical (unpaired) electrons. The van der Waals surface area contributed by atoms with Gasteiger partial charge in [-0.2, -0.15) is 0 Å². The number of amides is 1. The van der Waals surface area contributed by atoms with Crippen molar-refractivity contribution in [2.45, 2.75) is 12.5 Å². The fourth-order valence-electron chi connectivity index (χ4n) is 1.99. The number of aliphatic hydroxyl groups is 1. The van der Waals surface area contributed by atoms with Crippen LogP contribution in [0.5, 0.6) is 5.75 Å². The van der Waals surface area contributed by atoms with Gasteiger partial charge in [-0.25, -0.2) is 0 Å². The molecule has 1 amide bonds. The molecule has 5 heteroatoms. The van der Waals surface area contributed by atoms with E-state index in [1.807, 2.05) is 43.3 Å². The molecule has 0 aromatic heterocycles. The van der Waals surface area contributed by atoms with Gasteiger partial charge in [0, 0.05) is 19.2 Å². The van der Waals surface area contributed by atoms with Gasteiger partial charge in [0.2, 0.25) is 5.91 Å². The molecule has 0 saturated carbocycles. The van der Waals surface area contributed by atoms with Gasteiger partial charge in [-0.15, -0.1) is 0 Å². The third-order valence-corrected chi connectivity index (χ3v) is 2.82. The van der Waals surface area contributed by atoms with E-state index in [1.165, 1.54) is 6.08 Å². The van der Waals surface area contributed by atoms with Crippen molar-refractivity contribution in [2.24, 2.45) is 0 Å². The van der Waals surface area contributed by atoms with Crippen molar-refractivity contribution in [1.29, 1.82) is 0 Å². The number of nitrogens with zero attached hydrogens (tertiary/aromatic N) is 1. The van der Waals surface area contributed by atoms with Crippen molar-refractivity contribution >= 4 is 12.0 Å². The summed E-state index contributed by atoms with van der Waals surface area (Å²) < 4.78 is 5.12. The minimum Gasteiger partial charge on any atom is -0.497 e. The van der Waals surface area contributed by atoms with Gasteiger partial charge >= 0.3 is 0 Å². The molecule has 0 fully saturated rings. The van der Waals surface area contributed by atoms with Crippen LogP contribution in [-0.4, -0.2) is 55.8 Å². The van der Waals surface area contributed by atoms with Crippen LogP contribution in [0.15, 0.2) is 30.3 Å². The summed E-state index contributed by atoms with van der Waals surface area (Å²) in [4.78, 5) is 13.6. The van der Waals surface area contributed by atoms with Crippen LogP contribution in [0.1, 0.15) is 12.5 Å². The molecule has 0 bridgehead atoms. The number of benzene rings is 1. The molecular weight excluding hydrogens is 268 g/mol. The highest BCUT2D eigenvalue weighted by Gasteiger charge is 2.21. The van der Waals surface area contributed by atoms with Crippen LogP contribution in [0, 0.1) is 0 Å². The molecule has 1 atom stereocenters. The summed E-state index contributed by atoms with van der Waals surface area (Å²) >= 11 is 0. The van der Waals surface area contributed by atoms with Crippen molar-refractivity contribution in [1.82, 2.24) is 10.2 Å². The third-order valence-electron chi connectivity index (χ3n) is 2.82. The highest BCUT2D eigenvalue weighted by molar-refractivity contribution is 5.91. The number of hydrogen-bond donors (Lipinski definition) is 2. The van der Waals surface area contributed by atoms with E-state index in [-0.39, 0.29) is 12.5 Å². The van der Waals surface area contributed by atoms with Crippen molar-refractivity contribution in [3.05, 3.63) is 35.9 Å². The van der Waals surface area contributed by atoms with Gasteiger partial charge < -0.3 is 20.1 Å². The van der Waals surface area contributed by atoms with Gasteiger partial charge in [0.25, 0.3) is 0 Å². The maximum absolute atomic E-state index is 11.7. The molecule has 0 saturated heterocycles. The average molecular weight is 292 g/mol. The average Bonchev–Trinajstić information content (AvgIpc) is 2.42. The number of hydrogen-bond acceptors (Lipinski definition) is 4. The van der Waals surface area contributed by atoms with E-state index in [4.69, 9.17) is 4.74 Å². The lowest BCUT2D eigenvalue weighted by molar-refractivity contribution is -0.117. The van der Waals surface area contributed by atoms with E-state index in [9.17, 15) is 9.90 Å². The Balaban J connectivity index is 2.51. The van der Waals surface area contributed by atoms with Crippen LogP contribution >= 0.6 is 0 Å². The summed E-state index contributed by atoms with van der Waals surface area (Å²) in [7, 11) is 5.35. The van der Waals surface area contributed by atoms with Gasteiger partial charge in [0.15, 0.2) is 0 Å². The Bertz CT molecular complexity index is 496. The second-order valence-electron chi connectivity index (χ2n) is 5.56. The summed E-state index contributed by atoms with van der Waals surface area (Å²) in [5, 5.41) is 12.8. The first-order chi connectivity index (χ1) is 9.82. The topological polar surface area (TPSA) is 61.8 Å². The fourth-order valence-corrected chi connectivity index (χ4v) is 1.99. The molecule has 21 heavy (non-hydrogen) atoms. The molecular formula is C16H24N2O3. The Hall–Kier alpha value is -1.85. The second kappa shape index (κ2) is 7.81. The minimum absolute atomic E-state index is 0.201. The highest BCUT2D eigenvalue weighted by atomic mass is 16.5. The van der Waals surface area contributed by atoms with Gasteiger partial charge in [-0.05, 0) is 44.8 Å². The lowest BCUT2D eigenvalue weighted by Crippen LogP contribution is -2.46. The number of likely N-dealkylation sites (N-methyl/N-ethyl adjacent to an activating group) is 1.